The van der Waals surface area contributed by atoms with Gasteiger partial charge in [0.25, 0.3) is 0 Å². The van der Waals surface area contributed by atoms with E-state index in [4.69, 9.17) is 23.2 Å². The first-order valence-electron chi connectivity index (χ1n) is 6.15. The Morgan fingerprint density at radius 2 is 1.90 bits per heavy atom. The van der Waals surface area contributed by atoms with Crippen molar-refractivity contribution < 1.29 is 0 Å². The number of fused-ring (bicyclic) bond motifs is 1. The van der Waals surface area contributed by atoms with Gasteiger partial charge >= 0.3 is 0 Å². The second-order valence-corrected chi connectivity index (χ2v) is 6.40. The lowest BCUT2D eigenvalue weighted by molar-refractivity contribution is 0.880. The molecular weight excluding hydrogens is 359 g/mol. The number of hydrogen-bond donors (Lipinski definition) is 0. The summed E-state index contributed by atoms with van der Waals surface area (Å²) in [4.78, 5) is 4.61. The Morgan fingerprint density at radius 1 is 1.15 bits per heavy atom. The van der Waals surface area contributed by atoms with Gasteiger partial charge < -0.3 is 0 Å². The second kappa shape index (κ2) is 5.40. The first kappa shape index (κ1) is 13.9. The van der Waals surface area contributed by atoms with E-state index in [0.29, 0.717) is 5.02 Å². The Hall–Kier alpha value is -1.03. The molecule has 0 radical (unpaired) electrons. The first-order valence-corrected chi connectivity index (χ1v) is 7.76. The van der Waals surface area contributed by atoms with Crippen molar-refractivity contribution in [3.63, 3.8) is 0 Å². The molecule has 102 valence electrons. The van der Waals surface area contributed by atoms with Crippen molar-refractivity contribution in [3.05, 3.63) is 57.8 Å². The van der Waals surface area contributed by atoms with Gasteiger partial charge in [0, 0.05) is 4.47 Å². The standard InChI is InChI=1S/C15H11BrCl2N2/c1-9(17)15-19-14-11(18)6-4-8-13(14)20(15)12-7-3-2-5-10(12)16/h2-9H,1H3. The van der Waals surface area contributed by atoms with Gasteiger partial charge in [-0.05, 0) is 47.1 Å². The summed E-state index contributed by atoms with van der Waals surface area (Å²) in [6.07, 6.45) is 0. The van der Waals surface area contributed by atoms with Crippen molar-refractivity contribution >= 4 is 50.2 Å². The van der Waals surface area contributed by atoms with Crippen molar-refractivity contribution in [2.75, 3.05) is 0 Å². The number of benzene rings is 2. The molecule has 0 N–H and O–H groups in total. The zero-order chi connectivity index (χ0) is 14.3. The van der Waals surface area contributed by atoms with Crippen molar-refractivity contribution in [1.29, 1.82) is 0 Å². The average Bonchev–Trinajstić information content (AvgIpc) is 2.80. The fraction of sp³-hybridized carbons (Fsp3) is 0.133. The lowest BCUT2D eigenvalue weighted by atomic mass is 10.2. The Morgan fingerprint density at radius 3 is 2.60 bits per heavy atom. The highest BCUT2D eigenvalue weighted by atomic mass is 79.9. The lowest BCUT2D eigenvalue weighted by Crippen LogP contribution is -2.02. The van der Waals surface area contributed by atoms with Crippen molar-refractivity contribution in [2.45, 2.75) is 12.3 Å². The van der Waals surface area contributed by atoms with Crippen molar-refractivity contribution in [2.24, 2.45) is 0 Å². The molecule has 0 spiro atoms. The molecule has 0 bridgehead atoms. The van der Waals surface area contributed by atoms with Crippen LogP contribution in [0.1, 0.15) is 18.1 Å². The summed E-state index contributed by atoms with van der Waals surface area (Å²) in [5.41, 5.74) is 2.72. The Labute approximate surface area is 135 Å². The van der Waals surface area contributed by atoms with E-state index < -0.39 is 0 Å². The summed E-state index contributed by atoms with van der Waals surface area (Å²) in [6.45, 7) is 1.91. The van der Waals surface area contributed by atoms with Crippen LogP contribution in [0.15, 0.2) is 46.9 Å². The summed E-state index contributed by atoms with van der Waals surface area (Å²) in [7, 11) is 0. The highest BCUT2D eigenvalue weighted by molar-refractivity contribution is 9.10. The highest BCUT2D eigenvalue weighted by Gasteiger charge is 2.18. The van der Waals surface area contributed by atoms with Gasteiger partial charge in [0.1, 0.15) is 11.3 Å². The molecule has 5 heteroatoms. The molecule has 0 aliphatic rings. The predicted molar refractivity (Wildman–Crippen MR) is 88.0 cm³/mol. The highest BCUT2D eigenvalue weighted by Crippen LogP contribution is 2.33. The molecule has 1 unspecified atom stereocenters. The molecule has 0 aliphatic carbocycles. The molecule has 0 amide bonds. The third-order valence-electron chi connectivity index (χ3n) is 3.11. The topological polar surface area (TPSA) is 17.8 Å². The number of aromatic nitrogens is 2. The molecular formula is C15H11BrCl2N2. The zero-order valence-corrected chi connectivity index (χ0v) is 13.7. The maximum Gasteiger partial charge on any atom is 0.132 e. The Bertz CT molecular complexity index is 781. The predicted octanol–water partition coefficient (Wildman–Crippen LogP) is 5.74. The molecule has 0 saturated heterocycles. The molecule has 1 aromatic heterocycles. The van der Waals surface area contributed by atoms with Crippen LogP contribution in [0.25, 0.3) is 16.7 Å². The van der Waals surface area contributed by atoms with E-state index in [9.17, 15) is 0 Å². The third-order valence-corrected chi connectivity index (χ3v) is 4.28. The minimum Gasteiger partial charge on any atom is -0.294 e. The van der Waals surface area contributed by atoms with E-state index in [-0.39, 0.29) is 5.38 Å². The molecule has 1 heterocycles. The summed E-state index contributed by atoms with van der Waals surface area (Å²) >= 11 is 16.1. The molecule has 3 aromatic rings. The third kappa shape index (κ3) is 2.24. The van der Waals surface area contributed by atoms with Gasteiger partial charge in [0.15, 0.2) is 0 Å². The van der Waals surface area contributed by atoms with Crippen LogP contribution in [-0.2, 0) is 0 Å². The van der Waals surface area contributed by atoms with E-state index in [2.05, 4.69) is 20.9 Å². The second-order valence-electron chi connectivity index (χ2n) is 4.48. The van der Waals surface area contributed by atoms with Gasteiger partial charge in [-0.25, -0.2) is 4.98 Å². The Balaban J connectivity index is 2.42. The van der Waals surface area contributed by atoms with Crippen LogP contribution in [0.3, 0.4) is 0 Å². The molecule has 3 rings (SSSR count). The number of hydrogen-bond acceptors (Lipinski definition) is 1. The monoisotopic (exact) mass is 368 g/mol. The van der Waals surface area contributed by atoms with Gasteiger partial charge in [-0.15, -0.1) is 11.6 Å². The summed E-state index contributed by atoms with van der Waals surface area (Å²) in [5.74, 6) is 0.779. The van der Waals surface area contributed by atoms with Crippen LogP contribution in [0.5, 0.6) is 0 Å². The van der Waals surface area contributed by atoms with Gasteiger partial charge in [-0.1, -0.05) is 29.8 Å². The van der Waals surface area contributed by atoms with Crippen LogP contribution in [0.4, 0.5) is 0 Å². The number of imidazole rings is 1. The van der Waals surface area contributed by atoms with Gasteiger partial charge in [0.05, 0.1) is 21.6 Å². The van der Waals surface area contributed by atoms with E-state index in [1.807, 2.05) is 54.0 Å². The largest absolute Gasteiger partial charge is 0.294 e. The van der Waals surface area contributed by atoms with Crippen molar-refractivity contribution in [1.82, 2.24) is 9.55 Å². The van der Waals surface area contributed by atoms with Crippen LogP contribution >= 0.6 is 39.1 Å². The van der Waals surface area contributed by atoms with Crippen LogP contribution in [-0.4, -0.2) is 9.55 Å². The van der Waals surface area contributed by atoms with Gasteiger partial charge in [-0.3, -0.25) is 4.57 Å². The molecule has 0 aliphatic heterocycles. The summed E-state index contributed by atoms with van der Waals surface area (Å²) in [5, 5.41) is 0.414. The summed E-state index contributed by atoms with van der Waals surface area (Å²) in [6, 6.07) is 13.7. The normalized spacial score (nSPS) is 12.8. The molecule has 1 atom stereocenters. The smallest absolute Gasteiger partial charge is 0.132 e. The molecule has 0 saturated carbocycles. The van der Waals surface area contributed by atoms with E-state index >= 15 is 0 Å². The van der Waals surface area contributed by atoms with Gasteiger partial charge in [-0.2, -0.15) is 0 Å². The van der Waals surface area contributed by atoms with Crippen molar-refractivity contribution in [3.8, 4) is 5.69 Å². The number of halogens is 3. The van der Waals surface area contributed by atoms with Crippen LogP contribution in [0.2, 0.25) is 5.02 Å². The number of alkyl halides is 1. The summed E-state index contributed by atoms with van der Waals surface area (Å²) < 4.78 is 3.03. The Kier molecular flexibility index (Phi) is 3.76. The maximum atomic E-state index is 6.29. The minimum atomic E-state index is -0.217. The molecule has 2 aromatic carbocycles. The fourth-order valence-electron chi connectivity index (χ4n) is 2.24. The maximum absolute atomic E-state index is 6.29. The quantitative estimate of drug-likeness (QED) is 0.526. The first-order chi connectivity index (χ1) is 9.59. The van der Waals surface area contributed by atoms with E-state index in [1.54, 1.807) is 0 Å². The van der Waals surface area contributed by atoms with E-state index in [0.717, 1.165) is 27.0 Å². The average molecular weight is 370 g/mol. The van der Waals surface area contributed by atoms with Crippen LogP contribution in [0, 0.1) is 0 Å². The SMILES string of the molecule is CC(Cl)c1nc2c(Cl)cccc2n1-c1ccccc1Br. The molecule has 20 heavy (non-hydrogen) atoms. The zero-order valence-electron chi connectivity index (χ0n) is 10.6. The molecule has 0 fully saturated rings. The number of nitrogens with zero attached hydrogens (tertiary/aromatic N) is 2. The van der Waals surface area contributed by atoms with Crippen LogP contribution < -0.4 is 0 Å². The fourth-order valence-corrected chi connectivity index (χ4v) is 3.06. The van der Waals surface area contributed by atoms with E-state index in [1.165, 1.54) is 0 Å². The van der Waals surface area contributed by atoms with Gasteiger partial charge in [0.2, 0.25) is 0 Å². The number of para-hydroxylation sites is 2. The molecule has 2 nitrogen and oxygen atoms in total. The number of rotatable bonds is 2. The minimum absolute atomic E-state index is 0.217. The lowest BCUT2D eigenvalue weighted by Gasteiger charge is -2.12.